The van der Waals surface area contributed by atoms with Gasteiger partial charge >= 0.3 is 29.8 Å². The van der Waals surface area contributed by atoms with Gasteiger partial charge in [0.05, 0.1) is 12.7 Å². The minimum absolute atomic E-state index is 0.0318. The van der Waals surface area contributed by atoms with Crippen LogP contribution in [0.25, 0.3) is 0 Å². The molecule has 1 rings (SSSR count). The van der Waals surface area contributed by atoms with Crippen molar-refractivity contribution >= 4 is 29.8 Å². The second kappa shape index (κ2) is 12.6. The number of rotatable bonds is 9. The summed E-state index contributed by atoms with van der Waals surface area (Å²) >= 11 is 0. The van der Waals surface area contributed by atoms with Crippen LogP contribution in [0.3, 0.4) is 0 Å². The van der Waals surface area contributed by atoms with Gasteiger partial charge in [-0.2, -0.15) is 0 Å². The maximum atomic E-state index is 11.8. The topological polar surface area (TPSA) is 150 Å². The molecule has 32 heavy (non-hydrogen) atoms. The predicted molar refractivity (Wildman–Crippen MR) is 103 cm³/mol. The Kier molecular flexibility index (Phi) is 10.6. The SMILES string of the molecule is CCOC(=O)/C=C(\C)O[C@H]1O[C@H](COC(C)=O)[C@@H](OC(C)=O)[C@H](OC(C)=O)[C@H]1OC(C)=O. The molecule has 0 radical (unpaired) electrons. The van der Waals surface area contributed by atoms with Crippen LogP contribution in [-0.4, -0.2) is 73.8 Å². The molecular formula is C20H28O12. The van der Waals surface area contributed by atoms with E-state index in [0.717, 1.165) is 33.8 Å². The van der Waals surface area contributed by atoms with E-state index in [1.54, 1.807) is 6.92 Å². The van der Waals surface area contributed by atoms with E-state index in [-0.39, 0.29) is 12.4 Å². The number of carbonyl (C=O) groups excluding carboxylic acids is 5. The van der Waals surface area contributed by atoms with Crippen LogP contribution >= 0.6 is 0 Å². The third-order valence-electron chi connectivity index (χ3n) is 3.86. The summed E-state index contributed by atoms with van der Waals surface area (Å²) in [5.74, 6) is -3.58. The highest BCUT2D eigenvalue weighted by atomic mass is 16.7. The van der Waals surface area contributed by atoms with Crippen molar-refractivity contribution in [2.75, 3.05) is 13.2 Å². The van der Waals surface area contributed by atoms with Crippen molar-refractivity contribution in [2.24, 2.45) is 0 Å². The summed E-state index contributed by atoms with van der Waals surface area (Å²) in [7, 11) is 0. The predicted octanol–water partition coefficient (Wildman–Crippen LogP) is 0.553. The van der Waals surface area contributed by atoms with Crippen LogP contribution < -0.4 is 0 Å². The summed E-state index contributed by atoms with van der Waals surface area (Å²) in [6.07, 6.45) is -5.58. The fraction of sp³-hybridized carbons (Fsp3) is 0.650. The highest BCUT2D eigenvalue weighted by molar-refractivity contribution is 5.82. The average molecular weight is 460 g/mol. The van der Waals surface area contributed by atoms with Crippen molar-refractivity contribution < 1.29 is 57.1 Å². The fourth-order valence-electron chi connectivity index (χ4n) is 2.85. The van der Waals surface area contributed by atoms with Gasteiger partial charge in [-0.05, 0) is 13.8 Å². The average Bonchev–Trinajstić information content (AvgIpc) is 2.63. The highest BCUT2D eigenvalue weighted by Gasteiger charge is 2.53. The number of hydrogen-bond donors (Lipinski definition) is 0. The summed E-state index contributed by atoms with van der Waals surface area (Å²) in [4.78, 5) is 58.1. The number of allylic oxidation sites excluding steroid dienone is 1. The van der Waals surface area contributed by atoms with E-state index < -0.39 is 67.2 Å². The molecule has 0 aromatic rings. The molecular weight excluding hydrogens is 432 g/mol. The lowest BCUT2D eigenvalue weighted by Crippen LogP contribution is -2.62. The van der Waals surface area contributed by atoms with Crippen molar-refractivity contribution in [3.63, 3.8) is 0 Å². The number of esters is 5. The molecule has 1 heterocycles. The quantitative estimate of drug-likeness (QED) is 0.205. The highest BCUT2D eigenvalue weighted by Crippen LogP contribution is 2.31. The maximum Gasteiger partial charge on any atom is 0.334 e. The molecule has 1 aliphatic heterocycles. The summed E-state index contributed by atoms with van der Waals surface area (Å²) < 4.78 is 36.9. The van der Waals surface area contributed by atoms with Gasteiger partial charge in [-0.25, -0.2) is 4.79 Å². The monoisotopic (exact) mass is 460 g/mol. The molecule has 0 aromatic heterocycles. The molecule has 12 heteroatoms. The lowest BCUT2D eigenvalue weighted by atomic mass is 9.98. The van der Waals surface area contributed by atoms with Gasteiger partial charge in [-0.15, -0.1) is 0 Å². The van der Waals surface area contributed by atoms with Crippen LogP contribution in [0.2, 0.25) is 0 Å². The second-order valence-corrected chi connectivity index (χ2v) is 6.69. The second-order valence-electron chi connectivity index (χ2n) is 6.69. The van der Waals surface area contributed by atoms with Crippen molar-refractivity contribution in [2.45, 2.75) is 72.2 Å². The zero-order chi connectivity index (χ0) is 24.4. The first-order valence-electron chi connectivity index (χ1n) is 9.76. The van der Waals surface area contributed by atoms with Crippen molar-refractivity contribution in [3.8, 4) is 0 Å². The third-order valence-corrected chi connectivity index (χ3v) is 3.86. The zero-order valence-corrected chi connectivity index (χ0v) is 18.8. The first kappa shape index (κ1) is 26.9. The molecule has 0 unspecified atom stereocenters. The van der Waals surface area contributed by atoms with Gasteiger partial charge in [0.2, 0.25) is 12.4 Å². The summed E-state index contributed by atoms with van der Waals surface area (Å²) in [5.41, 5.74) is 0. The number of carbonyl (C=O) groups is 5. The lowest BCUT2D eigenvalue weighted by Gasteiger charge is -2.44. The first-order chi connectivity index (χ1) is 14.9. The molecule has 180 valence electrons. The molecule has 12 nitrogen and oxygen atoms in total. The van der Waals surface area contributed by atoms with Crippen LogP contribution in [0.1, 0.15) is 41.5 Å². The lowest BCUT2D eigenvalue weighted by molar-refractivity contribution is -0.299. The molecule has 1 saturated heterocycles. The van der Waals surface area contributed by atoms with E-state index in [1.807, 2.05) is 0 Å². The van der Waals surface area contributed by atoms with Gasteiger partial charge in [-0.3, -0.25) is 19.2 Å². The van der Waals surface area contributed by atoms with Gasteiger partial charge in [-0.1, -0.05) is 0 Å². The number of hydrogen-bond acceptors (Lipinski definition) is 12. The van der Waals surface area contributed by atoms with Crippen molar-refractivity contribution in [3.05, 3.63) is 11.8 Å². The Morgan fingerprint density at radius 2 is 1.25 bits per heavy atom. The molecule has 0 spiro atoms. The van der Waals surface area contributed by atoms with E-state index >= 15 is 0 Å². The Morgan fingerprint density at radius 3 is 1.75 bits per heavy atom. The molecule has 1 aliphatic rings. The Balaban J connectivity index is 3.35. The van der Waals surface area contributed by atoms with E-state index in [2.05, 4.69) is 0 Å². The molecule has 0 saturated carbocycles. The zero-order valence-electron chi connectivity index (χ0n) is 18.8. The van der Waals surface area contributed by atoms with Gasteiger partial charge in [0, 0.05) is 27.7 Å². The third kappa shape index (κ3) is 8.92. The molecule has 0 aromatic carbocycles. The van der Waals surface area contributed by atoms with Crippen LogP contribution in [0, 0.1) is 0 Å². The summed E-state index contributed by atoms with van der Waals surface area (Å²) in [6.45, 7) is 7.29. The number of ether oxygens (including phenoxy) is 7. The molecule has 0 aliphatic carbocycles. The molecule has 1 fully saturated rings. The Bertz CT molecular complexity index is 743. The van der Waals surface area contributed by atoms with E-state index in [0.29, 0.717) is 0 Å². The summed E-state index contributed by atoms with van der Waals surface area (Å²) in [5, 5.41) is 0. The van der Waals surface area contributed by atoms with E-state index in [9.17, 15) is 24.0 Å². The molecule has 0 bridgehead atoms. The molecule has 0 amide bonds. The minimum atomic E-state index is -1.42. The molecule has 0 N–H and O–H groups in total. The van der Waals surface area contributed by atoms with Gasteiger partial charge in [0.1, 0.15) is 18.5 Å². The smallest absolute Gasteiger partial charge is 0.334 e. The van der Waals surface area contributed by atoms with Gasteiger partial charge < -0.3 is 33.2 Å². The standard InChI is InChI=1S/C20H28O12/c1-7-26-16(25)8-10(2)28-20-19(31-14(6)24)18(30-13(5)23)17(29-12(4)22)15(32-20)9-27-11(3)21/h8,15,17-20H,7,9H2,1-6H3/b10-8+/t15-,17-,18+,19-,20+/m1/s1. The van der Waals surface area contributed by atoms with Crippen molar-refractivity contribution in [1.29, 1.82) is 0 Å². The Hall–Kier alpha value is -3.15. The van der Waals surface area contributed by atoms with E-state index in [1.165, 1.54) is 6.92 Å². The maximum absolute atomic E-state index is 11.8. The van der Waals surface area contributed by atoms with Crippen LogP contribution in [0.5, 0.6) is 0 Å². The minimum Gasteiger partial charge on any atom is -0.465 e. The molecule has 5 atom stereocenters. The van der Waals surface area contributed by atoms with Gasteiger partial charge in [0.15, 0.2) is 12.2 Å². The van der Waals surface area contributed by atoms with E-state index in [4.69, 9.17) is 33.2 Å². The Labute approximate surface area is 185 Å². The largest absolute Gasteiger partial charge is 0.465 e. The van der Waals surface area contributed by atoms with Gasteiger partial charge in [0.25, 0.3) is 0 Å². The van der Waals surface area contributed by atoms with Crippen molar-refractivity contribution in [1.82, 2.24) is 0 Å². The fourth-order valence-corrected chi connectivity index (χ4v) is 2.85. The van der Waals surface area contributed by atoms with Crippen LogP contribution in [0.4, 0.5) is 0 Å². The normalized spacial score (nSPS) is 25.2. The Morgan fingerprint density at radius 1 is 0.719 bits per heavy atom. The first-order valence-corrected chi connectivity index (χ1v) is 9.76. The van der Waals surface area contributed by atoms with Crippen LogP contribution in [0.15, 0.2) is 11.8 Å². The summed E-state index contributed by atoms with van der Waals surface area (Å²) in [6, 6.07) is 0. The van der Waals surface area contributed by atoms with Crippen LogP contribution in [-0.2, 0) is 57.1 Å².